The molecule has 0 unspecified atom stereocenters. The number of amides is 1. The van der Waals surface area contributed by atoms with Crippen molar-refractivity contribution in [3.8, 4) is 11.6 Å². The van der Waals surface area contributed by atoms with Gasteiger partial charge in [0.05, 0.1) is 32.8 Å². The molecule has 2 saturated heterocycles. The zero-order valence-electron chi connectivity index (χ0n) is 38.2. The number of anilines is 2. The van der Waals surface area contributed by atoms with Gasteiger partial charge in [-0.25, -0.2) is 54.0 Å². The molecule has 20 nitrogen and oxygen atoms in total. The molecule has 0 radical (unpaired) electrons. The number of alkyl carbamates (subject to hydrolysis) is 1. The molecule has 0 saturated carbocycles. The van der Waals surface area contributed by atoms with Crippen LogP contribution in [-0.2, 0) is 21.3 Å². The van der Waals surface area contributed by atoms with E-state index in [2.05, 4.69) is 73.4 Å². The highest BCUT2D eigenvalue weighted by Crippen LogP contribution is 2.37. The second-order valence-corrected chi connectivity index (χ2v) is 19.0. The number of esters is 2. The van der Waals surface area contributed by atoms with E-state index in [0.29, 0.717) is 41.7 Å². The van der Waals surface area contributed by atoms with Crippen molar-refractivity contribution in [1.29, 1.82) is 0 Å². The van der Waals surface area contributed by atoms with Gasteiger partial charge in [0.1, 0.15) is 27.4 Å². The molecule has 2 fully saturated rings. The molecule has 5 aromatic rings. The van der Waals surface area contributed by atoms with Crippen molar-refractivity contribution >= 4 is 98.8 Å². The van der Waals surface area contributed by atoms with Crippen molar-refractivity contribution in [3.63, 3.8) is 0 Å². The van der Waals surface area contributed by atoms with Crippen LogP contribution in [0.25, 0.3) is 11.2 Å². The third-order valence-electron chi connectivity index (χ3n) is 10.8. The molecule has 0 aliphatic carbocycles. The van der Waals surface area contributed by atoms with Gasteiger partial charge in [-0.3, -0.25) is 0 Å². The first kappa shape index (κ1) is 52.8. The second kappa shape index (κ2) is 22.8. The Balaban J connectivity index is 0.000000203. The third-order valence-corrected chi connectivity index (χ3v) is 12.3. The molecule has 1 amide bonds. The van der Waals surface area contributed by atoms with Crippen LogP contribution in [0.3, 0.4) is 0 Å². The number of aromatic nitrogens is 9. The predicted octanol–water partition coefficient (Wildman–Crippen LogP) is 8.04. The summed E-state index contributed by atoms with van der Waals surface area (Å²) >= 11 is 29.2. The van der Waals surface area contributed by atoms with E-state index in [1.807, 2.05) is 20.8 Å². The molecule has 5 aromatic heterocycles. The van der Waals surface area contributed by atoms with E-state index >= 15 is 0 Å². The minimum atomic E-state index is -0.635. The average Bonchev–Trinajstić information content (AvgIpc) is 3.60. The molecule has 0 atom stereocenters. The van der Waals surface area contributed by atoms with Crippen LogP contribution in [0, 0.1) is 10.8 Å². The number of piperidine rings is 2. The summed E-state index contributed by atoms with van der Waals surface area (Å²) in [7, 11) is 4.30. The van der Waals surface area contributed by atoms with Crippen LogP contribution in [0.2, 0.25) is 25.6 Å². The Kier molecular flexibility index (Phi) is 18.0. The van der Waals surface area contributed by atoms with Gasteiger partial charge in [-0.15, -0.1) is 5.10 Å². The molecular weight excluding hydrogens is 976 g/mol. The molecule has 7 rings (SSSR count). The number of ether oxygens (including phenoxy) is 4. The van der Waals surface area contributed by atoms with E-state index in [4.69, 9.17) is 78.2 Å². The lowest BCUT2D eigenvalue weighted by Gasteiger charge is -2.40. The summed E-state index contributed by atoms with van der Waals surface area (Å²) < 4.78 is 21.8. The topological polar surface area (TPSA) is 241 Å². The van der Waals surface area contributed by atoms with Gasteiger partial charge in [-0.2, -0.15) is 0 Å². The van der Waals surface area contributed by atoms with Crippen LogP contribution in [0.5, 0.6) is 11.6 Å². The van der Waals surface area contributed by atoms with Gasteiger partial charge in [-0.1, -0.05) is 71.9 Å². The lowest BCUT2D eigenvalue weighted by molar-refractivity contribution is 0.0493. The fourth-order valence-electron chi connectivity index (χ4n) is 6.64. The van der Waals surface area contributed by atoms with Crippen LogP contribution in [-0.4, -0.2) is 122 Å². The standard InChI is InChI=1S/C18H21Cl2N7O.C18H27ClN4O4.C6H4Cl2N2O2/c1-18(10-21)4-7-27(8-5-18)12-9-23-14-16(24-12)26(2)25-17(14)28-11-3-6-22-15(20)13(11)19;1-17(2,3)27-16(25)21-11-18(4)6-8-23(9-7-18)12-10-20-13(14(19)22-12)15(24)26-5;1-12-6(11)4-5(8)10-3(7)2-9-4/h3,6,9H,4-5,7-8,10,21H2,1-2H3;10H,6-9,11H2,1-5H3,(H,21,25);2H,1H3. The molecule has 25 heteroatoms. The van der Waals surface area contributed by atoms with E-state index in [0.717, 1.165) is 57.7 Å². The van der Waals surface area contributed by atoms with Crippen molar-refractivity contribution in [2.75, 3.05) is 63.3 Å². The Morgan fingerprint density at radius 3 is 1.84 bits per heavy atom. The summed E-state index contributed by atoms with van der Waals surface area (Å²) in [5.74, 6) is 0.878. The molecule has 362 valence electrons. The minimum absolute atomic E-state index is 0.00586. The van der Waals surface area contributed by atoms with Gasteiger partial charge in [0.25, 0.3) is 5.88 Å². The Morgan fingerprint density at radius 1 is 0.761 bits per heavy atom. The summed E-state index contributed by atoms with van der Waals surface area (Å²) in [6.45, 7) is 14.4. The first-order chi connectivity index (χ1) is 31.6. The minimum Gasteiger partial charge on any atom is -0.464 e. The highest BCUT2D eigenvalue weighted by Gasteiger charge is 2.33. The van der Waals surface area contributed by atoms with Gasteiger partial charge in [-0.05, 0) is 63.8 Å². The molecule has 2 aliphatic heterocycles. The molecule has 0 spiro atoms. The van der Waals surface area contributed by atoms with E-state index < -0.39 is 23.6 Å². The summed E-state index contributed by atoms with van der Waals surface area (Å²) in [5.41, 5.74) is 6.72. The van der Waals surface area contributed by atoms with Crippen LogP contribution in [0.4, 0.5) is 16.4 Å². The number of nitrogens with zero attached hydrogens (tertiary/aromatic N) is 11. The first-order valence-electron chi connectivity index (χ1n) is 20.8. The number of carbonyl (C=O) groups excluding carboxylic acids is 3. The molecule has 3 N–H and O–H groups in total. The summed E-state index contributed by atoms with van der Waals surface area (Å²) in [6, 6.07) is 1.62. The van der Waals surface area contributed by atoms with E-state index in [1.54, 1.807) is 24.0 Å². The highest BCUT2D eigenvalue weighted by molar-refractivity contribution is 6.42. The van der Waals surface area contributed by atoms with Crippen LogP contribution in [0.15, 0.2) is 30.9 Å². The van der Waals surface area contributed by atoms with E-state index in [9.17, 15) is 14.4 Å². The maximum atomic E-state index is 11.9. The number of hydrogen-bond acceptors (Lipinski definition) is 18. The quantitative estimate of drug-likeness (QED) is 0.0806. The van der Waals surface area contributed by atoms with Gasteiger partial charge in [0, 0.05) is 52.0 Å². The Hall–Kier alpha value is -5.12. The Labute approximate surface area is 412 Å². The molecule has 7 heterocycles. The number of hydrogen-bond donors (Lipinski definition) is 2. The largest absolute Gasteiger partial charge is 0.464 e. The van der Waals surface area contributed by atoms with Crippen LogP contribution >= 0.6 is 58.0 Å². The number of pyridine rings is 1. The fourth-order valence-corrected chi connectivity index (χ4v) is 7.55. The number of fused-ring (bicyclic) bond motifs is 1. The maximum Gasteiger partial charge on any atom is 0.407 e. The van der Waals surface area contributed by atoms with Crippen molar-refractivity contribution in [3.05, 3.63) is 67.9 Å². The lowest BCUT2D eigenvalue weighted by atomic mass is 9.80. The number of rotatable bonds is 9. The number of methoxy groups -OCH3 is 2. The third kappa shape index (κ3) is 14.2. The average molecular weight is 1030 g/mol. The molecule has 67 heavy (non-hydrogen) atoms. The number of aryl methyl sites for hydroxylation is 1. The van der Waals surface area contributed by atoms with Gasteiger partial charge < -0.3 is 39.8 Å². The summed E-state index contributed by atoms with van der Waals surface area (Å²) in [6.07, 6.45) is 9.41. The van der Waals surface area contributed by atoms with Gasteiger partial charge in [0.15, 0.2) is 43.8 Å². The smallest absolute Gasteiger partial charge is 0.407 e. The molecular formula is C42H52Cl5N13O7. The van der Waals surface area contributed by atoms with Crippen molar-refractivity contribution in [1.82, 2.24) is 50.0 Å². The molecule has 0 aromatic carbocycles. The SMILES string of the molecule is COC(=O)c1ncc(Cl)nc1Cl.COC(=O)c1ncc(N2CCC(C)(CNC(=O)OC(C)(C)C)CC2)nc1Cl.Cn1nc(Oc2ccnc(Cl)c2Cl)c2ncc(N3CCC(C)(CN)CC3)nc21. The fraction of sp³-hybridized carbons (Fsp3) is 0.500. The van der Waals surface area contributed by atoms with Gasteiger partial charge >= 0.3 is 18.0 Å². The maximum absolute atomic E-state index is 11.9. The zero-order valence-corrected chi connectivity index (χ0v) is 42.0. The van der Waals surface area contributed by atoms with E-state index in [-0.39, 0.29) is 47.9 Å². The molecule has 0 bridgehead atoms. The van der Waals surface area contributed by atoms with E-state index in [1.165, 1.54) is 32.8 Å². The highest BCUT2D eigenvalue weighted by atomic mass is 35.5. The van der Waals surface area contributed by atoms with Gasteiger partial charge in [0.2, 0.25) is 0 Å². The van der Waals surface area contributed by atoms with Crippen molar-refractivity contribution in [2.24, 2.45) is 23.6 Å². The Bertz CT molecular complexity index is 2550. The predicted molar refractivity (Wildman–Crippen MR) is 255 cm³/mol. The first-order valence-corrected chi connectivity index (χ1v) is 22.7. The van der Waals surface area contributed by atoms with Crippen molar-refractivity contribution in [2.45, 2.75) is 65.9 Å². The van der Waals surface area contributed by atoms with Crippen molar-refractivity contribution < 1.29 is 33.3 Å². The number of nitrogens with one attached hydrogen (secondary N) is 1. The number of carbonyl (C=O) groups is 3. The molecule has 2 aliphatic rings. The lowest BCUT2D eigenvalue weighted by Crippen LogP contribution is -2.46. The summed E-state index contributed by atoms with van der Waals surface area (Å²) in [5, 5.41) is 7.74. The van der Waals surface area contributed by atoms with Crippen LogP contribution in [0.1, 0.15) is 81.3 Å². The number of halogens is 5. The van der Waals surface area contributed by atoms with Crippen LogP contribution < -0.4 is 25.6 Å². The second-order valence-electron chi connectivity index (χ2n) is 17.2. The zero-order chi connectivity index (χ0) is 49.3. The monoisotopic (exact) mass is 1030 g/mol. The Morgan fingerprint density at radius 2 is 1.30 bits per heavy atom. The normalized spacial score (nSPS) is 15.3. The summed E-state index contributed by atoms with van der Waals surface area (Å²) in [4.78, 5) is 67.4. The number of nitrogens with two attached hydrogens (primary N) is 1.